The molecule has 102 valence electrons. The molecule has 0 aliphatic carbocycles. The third kappa shape index (κ3) is 2.17. The van der Waals surface area contributed by atoms with Gasteiger partial charge in [-0.2, -0.15) is 0 Å². The van der Waals surface area contributed by atoms with Crippen LogP contribution in [0.25, 0.3) is 16.7 Å². The second-order valence-electron chi connectivity index (χ2n) is 4.51. The number of benzene rings is 2. The highest BCUT2D eigenvalue weighted by Gasteiger charge is 2.18. The molecule has 0 saturated heterocycles. The Balaban J connectivity index is 2.38. The van der Waals surface area contributed by atoms with Crippen LogP contribution in [0.5, 0.6) is 0 Å². The summed E-state index contributed by atoms with van der Waals surface area (Å²) in [5.74, 6) is 0.232. The summed E-state index contributed by atoms with van der Waals surface area (Å²) in [5.41, 5.74) is 1.80. The normalized spacial score (nSPS) is 12.8. The van der Waals surface area contributed by atoms with Gasteiger partial charge in [0.1, 0.15) is 11.3 Å². The lowest BCUT2D eigenvalue weighted by molar-refractivity contribution is 0.637. The Labute approximate surface area is 125 Å². The average Bonchev–Trinajstić information content (AvgIpc) is 2.80. The Morgan fingerprint density at radius 3 is 2.65 bits per heavy atom. The van der Waals surface area contributed by atoms with Crippen molar-refractivity contribution in [3.8, 4) is 5.69 Å². The minimum atomic E-state index is -0.359. The van der Waals surface area contributed by atoms with Crippen LogP contribution in [-0.4, -0.2) is 9.55 Å². The van der Waals surface area contributed by atoms with Crippen LogP contribution in [0, 0.1) is 5.82 Å². The molecule has 5 heteroatoms. The van der Waals surface area contributed by atoms with E-state index in [9.17, 15) is 4.39 Å². The highest BCUT2D eigenvalue weighted by molar-refractivity contribution is 6.30. The minimum absolute atomic E-state index is 0.315. The van der Waals surface area contributed by atoms with Crippen LogP contribution in [0.3, 0.4) is 0 Å². The second kappa shape index (κ2) is 5.08. The number of fused-ring (bicyclic) bond motifs is 1. The van der Waals surface area contributed by atoms with E-state index in [1.807, 2.05) is 29.7 Å². The van der Waals surface area contributed by atoms with E-state index in [4.69, 9.17) is 23.2 Å². The van der Waals surface area contributed by atoms with Crippen LogP contribution < -0.4 is 0 Å². The van der Waals surface area contributed by atoms with Gasteiger partial charge in [0.25, 0.3) is 0 Å². The fraction of sp³-hybridized carbons (Fsp3) is 0.133. The molecule has 1 aromatic heterocycles. The Kier molecular flexibility index (Phi) is 3.40. The zero-order valence-electron chi connectivity index (χ0n) is 10.6. The molecule has 2 aromatic carbocycles. The molecule has 0 bridgehead atoms. The fourth-order valence-electron chi connectivity index (χ4n) is 2.24. The fourth-order valence-corrected chi connectivity index (χ4v) is 2.57. The maximum absolute atomic E-state index is 13.9. The molecular weight excluding hydrogens is 298 g/mol. The maximum atomic E-state index is 13.9. The first kappa shape index (κ1) is 13.4. The highest BCUT2D eigenvalue weighted by Crippen LogP contribution is 2.30. The third-order valence-corrected chi connectivity index (χ3v) is 3.51. The van der Waals surface area contributed by atoms with Gasteiger partial charge in [0.15, 0.2) is 5.82 Å². The van der Waals surface area contributed by atoms with Crippen LogP contribution in [0.4, 0.5) is 4.39 Å². The first-order valence-electron chi connectivity index (χ1n) is 6.15. The van der Waals surface area contributed by atoms with E-state index in [-0.39, 0.29) is 11.2 Å². The number of imidazole rings is 1. The van der Waals surface area contributed by atoms with Gasteiger partial charge >= 0.3 is 0 Å². The molecule has 3 aromatic rings. The molecule has 0 N–H and O–H groups in total. The molecular formula is C15H11Cl2FN2. The van der Waals surface area contributed by atoms with Crippen molar-refractivity contribution in [1.82, 2.24) is 9.55 Å². The van der Waals surface area contributed by atoms with E-state index in [1.165, 1.54) is 6.07 Å². The zero-order chi connectivity index (χ0) is 14.3. The standard InChI is InChI=1S/C15H11Cl2FN2/c1-9(16)15-19-14-12(18)6-3-7-13(14)20(15)11-5-2-4-10(17)8-11/h2-9H,1H3. The van der Waals surface area contributed by atoms with E-state index in [0.717, 1.165) is 5.69 Å². The van der Waals surface area contributed by atoms with Crippen molar-refractivity contribution in [2.75, 3.05) is 0 Å². The summed E-state index contributed by atoms with van der Waals surface area (Å²) in [5, 5.41) is 0.259. The first-order chi connectivity index (χ1) is 9.58. The van der Waals surface area contributed by atoms with Crippen LogP contribution in [-0.2, 0) is 0 Å². The number of rotatable bonds is 2. The molecule has 1 atom stereocenters. The average molecular weight is 309 g/mol. The predicted octanol–water partition coefficient (Wildman–Crippen LogP) is 5.12. The number of alkyl halides is 1. The van der Waals surface area contributed by atoms with E-state index < -0.39 is 0 Å². The Hall–Kier alpha value is -1.58. The van der Waals surface area contributed by atoms with Crippen LogP contribution in [0.2, 0.25) is 5.02 Å². The van der Waals surface area contributed by atoms with E-state index in [1.54, 1.807) is 18.2 Å². The summed E-state index contributed by atoms with van der Waals surface area (Å²) in [7, 11) is 0. The number of hydrogen-bond donors (Lipinski definition) is 0. The van der Waals surface area contributed by atoms with Crippen molar-refractivity contribution in [3.63, 3.8) is 0 Å². The van der Waals surface area contributed by atoms with Gasteiger partial charge in [0.2, 0.25) is 0 Å². The lowest BCUT2D eigenvalue weighted by Crippen LogP contribution is -2.01. The van der Waals surface area contributed by atoms with Crippen molar-refractivity contribution < 1.29 is 4.39 Å². The summed E-state index contributed by atoms with van der Waals surface area (Å²) in [6, 6.07) is 12.2. The monoisotopic (exact) mass is 308 g/mol. The molecule has 0 aliphatic heterocycles. The van der Waals surface area contributed by atoms with Crippen LogP contribution >= 0.6 is 23.2 Å². The van der Waals surface area contributed by atoms with Crippen molar-refractivity contribution in [2.45, 2.75) is 12.3 Å². The molecule has 20 heavy (non-hydrogen) atoms. The van der Waals surface area contributed by atoms with Gasteiger partial charge in [0, 0.05) is 10.7 Å². The predicted molar refractivity (Wildman–Crippen MR) is 80.3 cm³/mol. The smallest absolute Gasteiger partial charge is 0.151 e. The molecule has 0 spiro atoms. The number of halogens is 3. The van der Waals surface area contributed by atoms with Gasteiger partial charge in [-0.05, 0) is 37.3 Å². The van der Waals surface area contributed by atoms with Crippen molar-refractivity contribution in [2.24, 2.45) is 0 Å². The highest BCUT2D eigenvalue weighted by atomic mass is 35.5. The summed E-state index contributed by atoms with van der Waals surface area (Å²) < 4.78 is 15.7. The van der Waals surface area contributed by atoms with Crippen molar-refractivity contribution in [3.05, 3.63) is 59.1 Å². The Morgan fingerprint density at radius 1 is 1.20 bits per heavy atom. The minimum Gasteiger partial charge on any atom is -0.295 e. The van der Waals surface area contributed by atoms with Crippen molar-refractivity contribution in [1.29, 1.82) is 0 Å². The van der Waals surface area contributed by atoms with Gasteiger partial charge in [-0.3, -0.25) is 4.57 Å². The third-order valence-electron chi connectivity index (χ3n) is 3.08. The topological polar surface area (TPSA) is 17.8 Å². The lowest BCUT2D eigenvalue weighted by atomic mass is 10.2. The molecule has 1 heterocycles. The molecule has 2 nitrogen and oxygen atoms in total. The van der Waals surface area contributed by atoms with Crippen LogP contribution in [0.1, 0.15) is 18.1 Å². The summed E-state index contributed by atoms with van der Waals surface area (Å²) in [6.45, 7) is 1.81. The van der Waals surface area contributed by atoms with Gasteiger partial charge < -0.3 is 0 Å². The summed E-state index contributed by atoms with van der Waals surface area (Å²) >= 11 is 12.2. The van der Waals surface area contributed by atoms with E-state index in [0.29, 0.717) is 21.9 Å². The summed E-state index contributed by atoms with van der Waals surface area (Å²) in [6.07, 6.45) is 0. The van der Waals surface area contributed by atoms with E-state index >= 15 is 0 Å². The molecule has 0 radical (unpaired) electrons. The zero-order valence-corrected chi connectivity index (χ0v) is 12.2. The van der Waals surface area contributed by atoms with Gasteiger partial charge in [-0.1, -0.05) is 23.7 Å². The molecule has 0 saturated carbocycles. The maximum Gasteiger partial charge on any atom is 0.151 e. The molecule has 1 unspecified atom stereocenters. The first-order valence-corrected chi connectivity index (χ1v) is 6.96. The molecule has 0 amide bonds. The Bertz CT molecular complexity index is 781. The largest absolute Gasteiger partial charge is 0.295 e. The quantitative estimate of drug-likeness (QED) is 0.601. The van der Waals surface area contributed by atoms with Gasteiger partial charge in [-0.15, -0.1) is 11.6 Å². The SMILES string of the molecule is CC(Cl)c1nc2c(F)cccc2n1-c1cccc(Cl)c1. The molecule has 0 aliphatic rings. The summed E-state index contributed by atoms with van der Waals surface area (Å²) in [4.78, 5) is 4.33. The molecule has 0 fully saturated rings. The number of para-hydroxylation sites is 1. The number of hydrogen-bond acceptors (Lipinski definition) is 1. The van der Waals surface area contributed by atoms with E-state index in [2.05, 4.69) is 4.98 Å². The van der Waals surface area contributed by atoms with Crippen molar-refractivity contribution >= 4 is 34.2 Å². The lowest BCUT2D eigenvalue weighted by Gasteiger charge is -2.10. The van der Waals surface area contributed by atoms with Crippen LogP contribution in [0.15, 0.2) is 42.5 Å². The Morgan fingerprint density at radius 2 is 1.95 bits per heavy atom. The van der Waals surface area contributed by atoms with Gasteiger partial charge in [0.05, 0.1) is 10.9 Å². The second-order valence-corrected chi connectivity index (χ2v) is 5.60. The molecule has 3 rings (SSSR count). The number of aromatic nitrogens is 2. The number of nitrogens with zero attached hydrogens (tertiary/aromatic N) is 2. The van der Waals surface area contributed by atoms with Gasteiger partial charge in [-0.25, -0.2) is 9.37 Å².